The van der Waals surface area contributed by atoms with E-state index in [2.05, 4.69) is 0 Å². The number of aliphatic carboxylic acids is 1. The van der Waals surface area contributed by atoms with E-state index < -0.39 is 12.5 Å². The van der Waals surface area contributed by atoms with E-state index in [4.69, 9.17) is 22.1 Å². The molecule has 1 aliphatic rings. The summed E-state index contributed by atoms with van der Waals surface area (Å²) in [6.07, 6.45) is 1.73. The summed E-state index contributed by atoms with van der Waals surface area (Å²) in [5.41, 5.74) is 0.850. The van der Waals surface area contributed by atoms with E-state index in [1.165, 1.54) is 0 Å². The second-order valence-electron chi connectivity index (χ2n) is 5.13. The smallest absolute Gasteiger partial charge is 0.323 e. The third kappa shape index (κ3) is 3.27. The molecular weight excluding hydrogens is 346 g/mol. The fraction of sp³-hybridized carbons (Fsp3) is 0.118. The van der Waals surface area contributed by atoms with Gasteiger partial charge in [-0.1, -0.05) is 42.2 Å². The molecule has 1 heterocycles. The molecule has 0 radical (unpaired) electrons. The number of rotatable bonds is 4. The normalized spacial score (nSPS) is 16.2. The number of benzene rings is 2. The minimum Gasteiger partial charge on any atom is -0.497 e. The predicted molar refractivity (Wildman–Crippen MR) is 98.0 cm³/mol. The lowest BCUT2D eigenvalue weighted by Crippen LogP contribution is -2.33. The summed E-state index contributed by atoms with van der Waals surface area (Å²) in [4.78, 5) is 24.6. The second-order valence-corrected chi connectivity index (χ2v) is 6.81. The number of ether oxygens (including phenoxy) is 1. The van der Waals surface area contributed by atoms with E-state index in [-0.39, 0.29) is 10.2 Å². The van der Waals surface area contributed by atoms with Gasteiger partial charge in [-0.15, -0.1) is 0 Å². The molecule has 0 spiro atoms. The molecule has 2 aromatic carbocycles. The Labute approximate surface area is 147 Å². The summed E-state index contributed by atoms with van der Waals surface area (Å²) in [6, 6.07) is 11.6. The number of thioether (sulfide) groups is 1. The Morgan fingerprint density at radius 3 is 2.71 bits per heavy atom. The highest BCUT2D eigenvalue weighted by molar-refractivity contribution is 8.26. The molecule has 1 aliphatic heterocycles. The fourth-order valence-corrected chi connectivity index (χ4v) is 3.64. The number of hydrogen-bond donors (Lipinski definition) is 1. The maximum absolute atomic E-state index is 12.3. The maximum atomic E-state index is 12.3. The molecular formula is C17H13NO4S2. The van der Waals surface area contributed by atoms with Gasteiger partial charge in [0.15, 0.2) is 0 Å². The van der Waals surface area contributed by atoms with Gasteiger partial charge in [-0.3, -0.25) is 14.5 Å². The van der Waals surface area contributed by atoms with Crippen molar-refractivity contribution in [1.82, 2.24) is 4.90 Å². The number of hydrogen-bond acceptors (Lipinski definition) is 5. The summed E-state index contributed by atoms with van der Waals surface area (Å²) in [5, 5.41) is 10.9. The van der Waals surface area contributed by atoms with Gasteiger partial charge in [0.2, 0.25) is 0 Å². The average Bonchev–Trinajstić information content (AvgIpc) is 2.81. The Hall–Kier alpha value is -2.38. The highest BCUT2D eigenvalue weighted by Gasteiger charge is 2.33. The van der Waals surface area contributed by atoms with E-state index in [1.54, 1.807) is 13.2 Å². The Morgan fingerprint density at radius 1 is 1.29 bits per heavy atom. The van der Waals surface area contributed by atoms with Crippen molar-refractivity contribution in [1.29, 1.82) is 0 Å². The quantitative estimate of drug-likeness (QED) is 0.668. The largest absolute Gasteiger partial charge is 0.497 e. The van der Waals surface area contributed by atoms with Crippen LogP contribution in [-0.2, 0) is 9.59 Å². The van der Waals surface area contributed by atoms with E-state index >= 15 is 0 Å². The summed E-state index contributed by atoms with van der Waals surface area (Å²) < 4.78 is 5.46. The van der Waals surface area contributed by atoms with Gasteiger partial charge in [0.25, 0.3) is 5.91 Å². The molecule has 24 heavy (non-hydrogen) atoms. The van der Waals surface area contributed by atoms with Crippen LogP contribution in [0.1, 0.15) is 5.56 Å². The van der Waals surface area contributed by atoms with Crippen molar-refractivity contribution >= 4 is 57.0 Å². The Bertz CT molecular complexity index is 891. The second kappa shape index (κ2) is 6.62. The molecule has 122 valence electrons. The van der Waals surface area contributed by atoms with Gasteiger partial charge < -0.3 is 9.84 Å². The van der Waals surface area contributed by atoms with Gasteiger partial charge >= 0.3 is 5.97 Å². The van der Waals surface area contributed by atoms with Crippen LogP contribution in [0.2, 0.25) is 0 Å². The summed E-state index contributed by atoms with van der Waals surface area (Å²) in [5.74, 6) is -0.681. The van der Waals surface area contributed by atoms with E-state index in [0.29, 0.717) is 4.91 Å². The topological polar surface area (TPSA) is 66.8 Å². The van der Waals surface area contributed by atoms with E-state index in [9.17, 15) is 9.59 Å². The van der Waals surface area contributed by atoms with Gasteiger partial charge in [-0.25, -0.2) is 0 Å². The van der Waals surface area contributed by atoms with Crippen LogP contribution in [0.3, 0.4) is 0 Å². The number of carboxylic acid groups (broad SMARTS) is 1. The van der Waals surface area contributed by atoms with Gasteiger partial charge in [0.1, 0.15) is 16.6 Å². The molecule has 5 nitrogen and oxygen atoms in total. The molecule has 0 aromatic heterocycles. The van der Waals surface area contributed by atoms with Gasteiger partial charge in [0.05, 0.1) is 12.0 Å². The molecule has 0 saturated carbocycles. The molecule has 3 rings (SSSR count). The van der Waals surface area contributed by atoms with Crippen molar-refractivity contribution < 1.29 is 19.4 Å². The van der Waals surface area contributed by atoms with Crippen LogP contribution >= 0.6 is 24.0 Å². The fourth-order valence-electron chi connectivity index (χ4n) is 2.38. The summed E-state index contributed by atoms with van der Waals surface area (Å²) in [6.45, 7) is -0.417. The molecule has 0 atom stereocenters. The van der Waals surface area contributed by atoms with Gasteiger partial charge in [0, 0.05) is 0 Å². The van der Waals surface area contributed by atoms with Crippen molar-refractivity contribution in [2.45, 2.75) is 0 Å². The zero-order valence-corrected chi connectivity index (χ0v) is 14.3. The molecule has 1 N–H and O–H groups in total. The number of thiocarbonyl (C=S) groups is 1. The van der Waals surface area contributed by atoms with E-state index in [1.807, 2.05) is 36.4 Å². The number of fused-ring (bicyclic) bond motifs is 1. The summed E-state index contributed by atoms with van der Waals surface area (Å²) in [7, 11) is 1.62. The first kappa shape index (κ1) is 16.5. The monoisotopic (exact) mass is 359 g/mol. The number of methoxy groups -OCH3 is 1. The highest BCUT2D eigenvalue weighted by atomic mass is 32.2. The highest BCUT2D eigenvalue weighted by Crippen LogP contribution is 2.33. The molecule has 0 aliphatic carbocycles. The molecule has 1 saturated heterocycles. The molecule has 1 fully saturated rings. The lowest BCUT2D eigenvalue weighted by molar-refractivity contribution is -0.140. The van der Waals surface area contributed by atoms with E-state index in [0.717, 1.165) is 38.7 Å². The molecule has 0 bridgehead atoms. The first-order valence-corrected chi connectivity index (χ1v) is 8.25. The standard InChI is InChI=1S/C17H13NO4S2/c1-22-13-5-4-11-6-10(2-3-12(11)8-13)7-14-16(21)18(9-15(19)20)17(23)24-14/h2-8H,9H2,1H3,(H,19,20)/b14-7-. The first-order chi connectivity index (χ1) is 11.5. The number of amides is 1. The number of nitrogens with zero attached hydrogens (tertiary/aromatic N) is 1. The van der Waals surface area contributed by atoms with Crippen LogP contribution in [0.25, 0.3) is 16.8 Å². The van der Waals surface area contributed by atoms with Crippen LogP contribution in [0.5, 0.6) is 5.75 Å². The van der Waals surface area contributed by atoms with Crippen molar-refractivity contribution in [3.8, 4) is 5.75 Å². The van der Waals surface area contributed by atoms with Gasteiger partial charge in [-0.05, 0) is 40.6 Å². The SMILES string of the molecule is COc1ccc2cc(/C=C3\SC(=S)N(CC(=O)O)C3=O)ccc2c1. The van der Waals surface area contributed by atoms with Crippen molar-refractivity contribution in [2.75, 3.05) is 13.7 Å². The average molecular weight is 359 g/mol. The third-order valence-electron chi connectivity index (χ3n) is 3.54. The summed E-state index contributed by atoms with van der Waals surface area (Å²) >= 11 is 6.20. The Balaban J connectivity index is 1.91. The molecule has 0 unspecified atom stereocenters. The zero-order chi connectivity index (χ0) is 17.3. The van der Waals surface area contributed by atoms with Crippen LogP contribution < -0.4 is 4.74 Å². The minimum absolute atomic E-state index is 0.263. The van der Waals surface area contributed by atoms with Crippen molar-refractivity contribution in [2.24, 2.45) is 0 Å². The number of carbonyl (C=O) groups excluding carboxylic acids is 1. The van der Waals surface area contributed by atoms with Crippen LogP contribution in [0, 0.1) is 0 Å². The van der Waals surface area contributed by atoms with Crippen molar-refractivity contribution in [3.05, 3.63) is 46.9 Å². The maximum Gasteiger partial charge on any atom is 0.323 e. The first-order valence-electron chi connectivity index (χ1n) is 7.03. The minimum atomic E-state index is -1.09. The molecule has 2 aromatic rings. The lowest BCUT2D eigenvalue weighted by Gasteiger charge is -2.10. The third-order valence-corrected chi connectivity index (χ3v) is 4.91. The van der Waals surface area contributed by atoms with Crippen LogP contribution in [0.4, 0.5) is 0 Å². The zero-order valence-electron chi connectivity index (χ0n) is 12.7. The van der Waals surface area contributed by atoms with Crippen LogP contribution in [-0.4, -0.2) is 39.9 Å². The number of carboxylic acids is 1. The van der Waals surface area contributed by atoms with Gasteiger partial charge in [-0.2, -0.15) is 0 Å². The predicted octanol–water partition coefficient (Wildman–Crippen LogP) is 3.13. The number of carbonyl (C=O) groups is 2. The Morgan fingerprint density at radius 2 is 2.00 bits per heavy atom. The molecule has 7 heteroatoms. The van der Waals surface area contributed by atoms with Crippen LogP contribution in [0.15, 0.2) is 41.3 Å². The van der Waals surface area contributed by atoms with Crippen molar-refractivity contribution in [3.63, 3.8) is 0 Å². The lowest BCUT2D eigenvalue weighted by atomic mass is 10.1. The Kier molecular flexibility index (Phi) is 4.55. The molecule has 1 amide bonds.